The fourth-order valence-electron chi connectivity index (χ4n) is 1.63. The summed E-state index contributed by atoms with van der Waals surface area (Å²) < 4.78 is 9.01. The quantitative estimate of drug-likeness (QED) is 0.882. The van der Waals surface area contributed by atoms with Gasteiger partial charge in [-0.3, -0.25) is 0 Å². The normalized spacial score (nSPS) is 15.9. The average Bonchev–Trinajstić information content (AvgIpc) is 2.73. The number of rotatable bonds is 5. The third-order valence-electron chi connectivity index (χ3n) is 2.81. The lowest BCUT2D eigenvalue weighted by Gasteiger charge is -2.22. The van der Waals surface area contributed by atoms with Crippen LogP contribution in [0.4, 0.5) is 0 Å². The highest BCUT2D eigenvalue weighted by Crippen LogP contribution is 2.34. The first kappa shape index (κ1) is 14.5. The molecule has 0 spiro atoms. The van der Waals surface area contributed by atoms with Crippen LogP contribution in [0.1, 0.15) is 50.8 Å². The van der Waals surface area contributed by atoms with Gasteiger partial charge in [0.15, 0.2) is 0 Å². The number of nitrogens with zero attached hydrogens (tertiary/aromatic N) is 2. The molecule has 17 heavy (non-hydrogen) atoms. The first-order valence-electron chi connectivity index (χ1n) is 5.87. The van der Waals surface area contributed by atoms with Crippen LogP contribution in [-0.2, 0) is 10.2 Å². The molecule has 0 aliphatic carbocycles. The molecule has 2 unspecified atom stereocenters. The predicted molar refractivity (Wildman–Crippen MR) is 69.2 cm³/mol. The Morgan fingerprint density at radius 2 is 2.06 bits per heavy atom. The third kappa shape index (κ3) is 3.72. The molecule has 0 aromatic carbocycles. The summed E-state index contributed by atoms with van der Waals surface area (Å²) in [4.78, 5) is 0.890. The van der Waals surface area contributed by atoms with E-state index in [0.29, 0.717) is 6.61 Å². The molecule has 98 valence electrons. The molecule has 1 aromatic rings. The summed E-state index contributed by atoms with van der Waals surface area (Å²) in [6.45, 7) is 8.93. The lowest BCUT2D eigenvalue weighted by molar-refractivity contribution is 0.0897. The van der Waals surface area contributed by atoms with Gasteiger partial charge < -0.3 is 9.84 Å². The number of aliphatic hydroxyl groups excluding tert-OH is 1. The van der Waals surface area contributed by atoms with Crippen LogP contribution in [0.25, 0.3) is 0 Å². The molecule has 5 heteroatoms. The zero-order chi connectivity index (χ0) is 13.1. The molecule has 0 bridgehead atoms. The lowest BCUT2D eigenvalue weighted by atomic mass is 9.88. The Balaban J connectivity index is 2.82. The molecule has 0 saturated carbocycles. The average molecular weight is 258 g/mol. The van der Waals surface area contributed by atoms with Gasteiger partial charge in [-0.1, -0.05) is 32.2 Å². The Bertz CT molecular complexity index is 347. The molecule has 0 fully saturated rings. The van der Waals surface area contributed by atoms with Crippen molar-refractivity contribution in [2.45, 2.75) is 45.6 Å². The summed E-state index contributed by atoms with van der Waals surface area (Å²) in [6.07, 6.45) is 0.332. The van der Waals surface area contributed by atoms with Crippen LogP contribution in [0.2, 0.25) is 0 Å². The van der Waals surface area contributed by atoms with Gasteiger partial charge in [0.25, 0.3) is 0 Å². The van der Waals surface area contributed by atoms with Crippen LogP contribution < -0.4 is 0 Å². The van der Waals surface area contributed by atoms with Crippen molar-refractivity contribution in [2.75, 3.05) is 13.7 Å². The molecule has 1 heterocycles. The number of hydrogen-bond donors (Lipinski definition) is 1. The molecule has 1 aromatic heterocycles. The van der Waals surface area contributed by atoms with E-state index in [4.69, 9.17) is 4.74 Å². The molecule has 4 nitrogen and oxygen atoms in total. The van der Waals surface area contributed by atoms with Crippen LogP contribution in [0.15, 0.2) is 0 Å². The van der Waals surface area contributed by atoms with E-state index in [1.54, 1.807) is 7.11 Å². The second kappa shape index (κ2) is 5.89. The topological polar surface area (TPSA) is 55.2 Å². The molecular weight excluding hydrogens is 236 g/mol. The maximum atomic E-state index is 10.3. The fourth-order valence-corrected chi connectivity index (χ4v) is 2.62. The zero-order valence-corrected chi connectivity index (χ0v) is 12.0. The molecule has 1 N–H and O–H groups in total. The Labute approximate surface area is 107 Å². The van der Waals surface area contributed by atoms with Crippen LogP contribution >= 0.6 is 11.5 Å². The summed E-state index contributed by atoms with van der Waals surface area (Å²) >= 11 is 1.29. The van der Waals surface area contributed by atoms with Crippen LogP contribution in [0.5, 0.6) is 0 Å². The predicted octanol–water partition coefficient (Wildman–Crippen LogP) is 2.54. The lowest BCUT2D eigenvalue weighted by Crippen LogP contribution is -2.18. The van der Waals surface area contributed by atoms with Crippen molar-refractivity contribution in [3.05, 3.63) is 10.6 Å². The second-order valence-electron chi connectivity index (χ2n) is 5.44. The van der Waals surface area contributed by atoms with Crippen LogP contribution in [0, 0.1) is 5.92 Å². The van der Waals surface area contributed by atoms with Crippen molar-refractivity contribution in [1.29, 1.82) is 0 Å². The van der Waals surface area contributed by atoms with Gasteiger partial charge in [0.05, 0.1) is 16.7 Å². The molecule has 0 saturated heterocycles. The van der Waals surface area contributed by atoms with Gasteiger partial charge in [-0.25, -0.2) is 0 Å². The Morgan fingerprint density at radius 1 is 1.41 bits per heavy atom. The molecular formula is C12H22N2O2S. The maximum absolute atomic E-state index is 10.3. The SMILES string of the molecule is COCCC(C)C(O)c1snnc1C(C)(C)C. The number of aromatic nitrogens is 2. The maximum Gasteiger partial charge on any atom is 0.0943 e. The fraction of sp³-hybridized carbons (Fsp3) is 0.833. The third-order valence-corrected chi connectivity index (χ3v) is 3.60. The van der Waals surface area contributed by atoms with E-state index in [1.807, 2.05) is 6.92 Å². The molecule has 0 aliphatic heterocycles. The van der Waals surface area contributed by atoms with Crippen LogP contribution in [-0.4, -0.2) is 28.4 Å². The van der Waals surface area contributed by atoms with Gasteiger partial charge >= 0.3 is 0 Å². The van der Waals surface area contributed by atoms with Gasteiger partial charge in [-0.15, -0.1) is 5.10 Å². The van der Waals surface area contributed by atoms with Gasteiger partial charge in [-0.2, -0.15) is 0 Å². The first-order chi connectivity index (χ1) is 7.88. The Kier molecular flexibility index (Phi) is 5.04. The molecule has 0 radical (unpaired) electrons. The number of methoxy groups -OCH3 is 1. The molecule has 0 aliphatic rings. The van der Waals surface area contributed by atoms with E-state index < -0.39 is 6.10 Å². The summed E-state index contributed by atoms with van der Waals surface area (Å²) in [5.41, 5.74) is 0.823. The van der Waals surface area contributed by atoms with Gasteiger partial charge in [-0.05, 0) is 23.9 Å². The first-order valence-corrected chi connectivity index (χ1v) is 6.65. The highest BCUT2D eigenvalue weighted by Gasteiger charge is 2.28. The zero-order valence-electron chi connectivity index (χ0n) is 11.2. The standard InChI is InChI=1S/C12H22N2O2S/c1-8(6-7-16-5)9(15)10-11(12(2,3)4)13-14-17-10/h8-9,15H,6-7H2,1-5H3. The van der Waals surface area contributed by atoms with E-state index in [-0.39, 0.29) is 11.3 Å². The second-order valence-corrected chi connectivity index (χ2v) is 6.23. The van der Waals surface area contributed by atoms with E-state index in [0.717, 1.165) is 17.0 Å². The molecule has 2 atom stereocenters. The summed E-state index contributed by atoms with van der Waals surface area (Å²) in [7, 11) is 1.67. The van der Waals surface area contributed by atoms with Gasteiger partial charge in [0.2, 0.25) is 0 Å². The van der Waals surface area contributed by atoms with Crippen molar-refractivity contribution in [3.8, 4) is 0 Å². The van der Waals surface area contributed by atoms with Crippen molar-refractivity contribution in [2.24, 2.45) is 5.92 Å². The highest BCUT2D eigenvalue weighted by molar-refractivity contribution is 7.05. The highest BCUT2D eigenvalue weighted by atomic mass is 32.1. The van der Waals surface area contributed by atoms with E-state index in [2.05, 4.69) is 30.4 Å². The van der Waals surface area contributed by atoms with Gasteiger partial charge in [0.1, 0.15) is 0 Å². The van der Waals surface area contributed by atoms with Crippen molar-refractivity contribution in [3.63, 3.8) is 0 Å². The van der Waals surface area contributed by atoms with E-state index in [1.165, 1.54) is 11.5 Å². The minimum absolute atomic E-state index is 0.0791. The van der Waals surface area contributed by atoms with Gasteiger partial charge in [0, 0.05) is 19.1 Å². The summed E-state index contributed by atoms with van der Waals surface area (Å²) in [6, 6.07) is 0. The number of ether oxygens (including phenoxy) is 1. The summed E-state index contributed by atoms with van der Waals surface area (Å²) in [5.74, 6) is 0.151. The van der Waals surface area contributed by atoms with E-state index >= 15 is 0 Å². The monoisotopic (exact) mass is 258 g/mol. The number of aliphatic hydroxyl groups is 1. The minimum atomic E-state index is -0.501. The Hall–Kier alpha value is -0.520. The van der Waals surface area contributed by atoms with Crippen molar-refractivity contribution < 1.29 is 9.84 Å². The van der Waals surface area contributed by atoms with Crippen molar-refractivity contribution >= 4 is 11.5 Å². The molecule has 0 amide bonds. The summed E-state index contributed by atoms with van der Waals surface area (Å²) in [5, 5.41) is 14.5. The number of hydrogen-bond acceptors (Lipinski definition) is 5. The Morgan fingerprint density at radius 3 is 2.59 bits per heavy atom. The molecule has 1 rings (SSSR count). The van der Waals surface area contributed by atoms with Crippen LogP contribution in [0.3, 0.4) is 0 Å². The van der Waals surface area contributed by atoms with Crippen molar-refractivity contribution in [1.82, 2.24) is 9.59 Å². The largest absolute Gasteiger partial charge is 0.387 e. The minimum Gasteiger partial charge on any atom is -0.387 e. The van der Waals surface area contributed by atoms with E-state index in [9.17, 15) is 5.11 Å². The smallest absolute Gasteiger partial charge is 0.0943 e.